The van der Waals surface area contributed by atoms with Crippen molar-refractivity contribution in [1.29, 1.82) is 0 Å². The smallest absolute Gasteiger partial charge is 0.129 e. The first-order valence-electron chi connectivity index (χ1n) is 6.89. The topological polar surface area (TPSA) is 36.4 Å². The molecular weight excluding hydrogens is 236 g/mol. The molecule has 0 spiro atoms. The minimum absolute atomic E-state index is 0.0592. The maximum absolute atomic E-state index is 9.53. The molecule has 0 aliphatic heterocycles. The Hall–Kier alpha value is -1.61. The molecule has 0 saturated heterocycles. The number of hydrogen-bond donors (Lipinski definition) is 1. The Morgan fingerprint density at radius 3 is 2.79 bits per heavy atom. The highest BCUT2D eigenvalue weighted by atomic mass is 16.3. The molecule has 2 unspecified atom stereocenters. The normalized spacial score (nSPS) is 21.6. The number of para-hydroxylation sites is 1. The zero-order valence-corrected chi connectivity index (χ0v) is 11.5. The van der Waals surface area contributed by atoms with Crippen LogP contribution in [-0.2, 0) is 6.61 Å². The molecule has 19 heavy (non-hydrogen) atoms. The predicted molar refractivity (Wildman–Crippen MR) is 78.2 cm³/mol. The fraction of sp³-hybridized carbons (Fsp3) is 0.438. The second-order valence-corrected chi connectivity index (χ2v) is 5.67. The summed E-state index contributed by atoms with van der Waals surface area (Å²) in [5, 5.41) is 10.6. The quantitative estimate of drug-likeness (QED) is 0.913. The summed E-state index contributed by atoms with van der Waals surface area (Å²) in [6.45, 7) is 3.41. The molecule has 0 radical (unpaired) electrons. The Morgan fingerprint density at radius 2 is 2.11 bits per heavy atom. The van der Waals surface area contributed by atoms with Crippen LogP contribution in [0, 0.1) is 11.8 Å². The van der Waals surface area contributed by atoms with E-state index < -0.39 is 0 Å². The summed E-state index contributed by atoms with van der Waals surface area (Å²) in [5.74, 6) is 2.61. The van der Waals surface area contributed by atoms with Gasteiger partial charge in [-0.15, -0.1) is 0 Å². The summed E-state index contributed by atoms with van der Waals surface area (Å²) in [4.78, 5) is 6.91. The zero-order chi connectivity index (χ0) is 13.4. The van der Waals surface area contributed by atoms with Crippen LogP contribution in [0.25, 0.3) is 10.9 Å². The summed E-state index contributed by atoms with van der Waals surface area (Å²) in [7, 11) is 2.09. The fourth-order valence-electron chi connectivity index (χ4n) is 2.66. The molecule has 1 N–H and O–H groups in total. The van der Waals surface area contributed by atoms with Crippen LogP contribution >= 0.6 is 0 Å². The monoisotopic (exact) mass is 256 g/mol. The lowest BCUT2D eigenvalue weighted by Gasteiger charge is -2.19. The van der Waals surface area contributed by atoms with Gasteiger partial charge in [-0.1, -0.05) is 25.1 Å². The fourth-order valence-corrected chi connectivity index (χ4v) is 2.66. The minimum atomic E-state index is 0.0592. The molecule has 3 nitrogen and oxygen atoms in total. The minimum Gasteiger partial charge on any atom is -0.392 e. The first-order chi connectivity index (χ1) is 9.19. The van der Waals surface area contributed by atoms with Crippen molar-refractivity contribution < 1.29 is 5.11 Å². The Labute approximate surface area is 113 Å². The second-order valence-electron chi connectivity index (χ2n) is 5.67. The molecule has 1 aromatic carbocycles. The van der Waals surface area contributed by atoms with Crippen molar-refractivity contribution in [2.45, 2.75) is 20.0 Å². The Balaban J connectivity index is 1.94. The van der Waals surface area contributed by atoms with Gasteiger partial charge in [0.1, 0.15) is 5.82 Å². The van der Waals surface area contributed by atoms with Crippen LogP contribution in [0.4, 0.5) is 5.82 Å². The predicted octanol–water partition coefficient (Wildman–Crippen LogP) is 2.82. The van der Waals surface area contributed by atoms with Crippen LogP contribution in [0.15, 0.2) is 30.3 Å². The molecular formula is C16H20N2O. The highest BCUT2D eigenvalue weighted by Gasteiger charge is 2.33. The number of rotatable bonds is 4. The maximum atomic E-state index is 9.53. The van der Waals surface area contributed by atoms with E-state index in [-0.39, 0.29) is 6.61 Å². The molecule has 2 atom stereocenters. The van der Waals surface area contributed by atoms with Gasteiger partial charge in [0.15, 0.2) is 0 Å². The molecule has 1 aliphatic rings. The summed E-state index contributed by atoms with van der Waals surface area (Å²) in [5.41, 5.74) is 1.91. The van der Waals surface area contributed by atoms with Gasteiger partial charge in [0.05, 0.1) is 12.1 Å². The highest BCUT2D eigenvalue weighted by Crippen LogP contribution is 2.38. The van der Waals surface area contributed by atoms with E-state index in [0.29, 0.717) is 0 Å². The van der Waals surface area contributed by atoms with Crippen molar-refractivity contribution >= 4 is 16.7 Å². The van der Waals surface area contributed by atoms with Gasteiger partial charge in [0, 0.05) is 19.0 Å². The molecule has 1 aliphatic carbocycles. The molecule has 1 fully saturated rings. The van der Waals surface area contributed by atoms with E-state index >= 15 is 0 Å². The number of aromatic nitrogens is 1. The van der Waals surface area contributed by atoms with Gasteiger partial charge in [-0.2, -0.15) is 0 Å². The summed E-state index contributed by atoms with van der Waals surface area (Å²) in [6, 6.07) is 10.0. The van der Waals surface area contributed by atoms with Crippen molar-refractivity contribution in [3.8, 4) is 0 Å². The number of pyridine rings is 1. The molecule has 3 heteroatoms. The lowest BCUT2D eigenvalue weighted by molar-refractivity contribution is 0.283. The number of benzene rings is 1. The van der Waals surface area contributed by atoms with Crippen molar-refractivity contribution in [1.82, 2.24) is 4.98 Å². The third-order valence-corrected chi connectivity index (χ3v) is 4.13. The Morgan fingerprint density at radius 1 is 1.37 bits per heavy atom. The van der Waals surface area contributed by atoms with E-state index in [1.807, 2.05) is 30.3 Å². The number of nitrogens with zero attached hydrogens (tertiary/aromatic N) is 2. The van der Waals surface area contributed by atoms with E-state index in [2.05, 4.69) is 18.9 Å². The van der Waals surface area contributed by atoms with Crippen LogP contribution in [0.2, 0.25) is 0 Å². The number of hydrogen-bond acceptors (Lipinski definition) is 3. The SMILES string of the molecule is CC1CC1CN(C)c1cc(CO)c2ccccc2n1. The second kappa shape index (κ2) is 4.82. The maximum Gasteiger partial charge on any atom is 0.129 e. The van der Waals surface area contributed by atoms with E-state index in [0.717, 1.165) is 40.7 Å². The molecule has 1 heterocycles. The summed E-state index contributed by atoms with van der Waals surface area (Å²) in [6.07, 6.45) is 1.32. The summed E-state index contributed by atoms with van der Waals surface area (Å²) >= 11 is 0. The lowest BCUT2D eigenvalue weighted by Crippen LogP contribution is -2.21. The van der Waals surface area contributed by atoms with Crippen molar-refractivity contribution in [3.63, 3.8) is 0 Å². The average molecular weight is 256 g/mol. The molecule has 2 aromatic rings. The van der Waals surface area contributed by atoms with Gasteiger partial charge in [-0.05, 0) is 36.0 Å². The molecule has 1 saturated carbocycles. The third kappa shape index (κ3) is 2.43. The van der Waals surface area contributed by atoms with Gasteiger partial charge in [-0.3, -0.25) is 0 Å². The van der Waals surface area contributed by atoms with Gasteiger partial charge < -0.3 is 10.0 Å². The van der Waals surface area contributed by atoms with Crippen molar-refractivity contribution in [3.05, 3.63) is 35.9 Å². The van der Waals surface area contributed by atoms with Gasteiger partial charge in [-0.25, -0.2) is 4.98 Å². The molecule has 0 amide bonds. The van der Waals surface area contributed by atoms with Crippen molar-refractivity contribution in [2.75, 3.05) is 18.5 Å². The van der Waals surface area contributed by atoms with E-state index in [1.165, 1.54) is 6.42 Å². The largest absolute Gasteiger partial charge is 0.392 e. The number of aliphatic hydroxyl groups is 1. The zero-order valence-electron chi connectivity index (χ0n) is 11.5. The number of anilines is 1. The van der Waals surface area contributed by atoms with E-state index in [1.54, 1.807) is 0 Å². The molecule has 0 bridgehead atoms. The van der Waals surface area contributed by atoms with Crippen LogP contribution in [0.3, 0.4) is 0 Å². The van der Waals surface area contributed by atoms with Crippen LogP contribution in [0.5, 0.6) is 0 Å². The number of fused-ring (bicyclic) bond motifs is 1. The number of aliphatic hydroxyl groups excluding tert-OH is 1. The van der Waals surface area contributed by atoms with Crippen molar-refractivity contribution in [2.24, 2.45) is 11.8 Å². The first kappa shape index (κ1) is 12.4. The van der Waals surface area contributed by atoms with Crippen LogP contribution in [0.1, 0.15) is 18.9 Å². The standard InChI is InChI=1S/C16H20N2O/c1-11-7-12(11)9-18(2)16-8-13(10-19)14-5-3-4-6-15(14)17-16/h3-6,8,11-12,19H,7,9-10H2,1-2H3. The molecule has 100 valence electrons. The van der Waals surface area contributed by atoms with Crippen LogP contribution < -0.4 is 4.90 Å². The Kier molecular flexibility index (Phi) is 3.15. The van der Waals surface area contributed by atoms with Gasteiger partial charge in [0.2, 0.25) is 0 Å². The average Bonchev–Trinajstić information content (AvgIpc) is 3.12. The Bertz CT molecular complexity index is 596. The van der Waals surface area contributed by atoms with Gasteiger partial charge >= 0.3 is 0 Å². The van der Waals surface area contributed by atoms with E-state index in [9.17, 15) is 5.11 Å². The third-order valence-electron chi connectivity index (χ3n) is 4.13. The molecule has 3 rings (SSSR count). The van der Waals surface area contributed by atoms with Crippen LogP contribution in [-0.4, -0.2) is 23.7 Å². The van der Waals surface area contributed by atoms with E-state index in [4.69, 9.17) is 4.98 Å². The summed E-state index contributed by atoms with van der Waals surface area (Å²) < 4.78 is 0. The van der Waals surface area contributed by atoms with Gasteiger partial charge in [0.25, 0.3) is 0 Å². The highest BCUT2D eigenvalue weighted by molar-refractivity contribution is 5.84. The first-order valence-corrected chi connectivity index (χ1v) is 6.89. The lowest BCUT2D eigenvalue weighted by atomic mass is 10.1. The molecule has 1 aromatic heterocycles.